The van der Waals surface area contributed by atoms with Gasteiger partial charge >= 0.3 is 6.61 Å². The standard InChI is InChI=1S/C17H17F3N2O2/c18-13-7-3-1-5-11(13)10-23-16(22)9-14(21)12-6-2-4-8-15(12)24-17(19)20/h1-8,14,17,22H,9-10,21H2. The van der Waals surface area contributed by atoms with Crippen LogP contribution in [-0.2, 0) is 11.3 Å². The predicted molar refractivity (Wildman–Crippen MR) is 83.5 cm³/mol. The molecule has 0 saturated heterocycles. The van der Waals surface area contributed by atoms with Gasteiger partial charge in [0.15, 0.2) is 5.90 Å². The van der Waals surface area contributed by atoms with Crippen LogP contribution in [0.1, 0.15) is 23.6 Å². The summed E-state index contributed by atoms with van der Waals surface area (Å²) >= 11 is 0. The van der Waals surface area contributed by atoms with Gasteiger partial charge in [-0.1, -0.05) is 36.4 Å². The van der Waals surface area contributed by atoms with Crippen LogP contribution in [0.3, 0.4) is 0 Å². The molecular weight excluding hydrogens is 321 g/mol. The monoisotopic (exact) mass is 338 g/mol. The molecule has 0 radical (unpaired) electrons. The van der Waals surface area contributed by atoms with Crippen molar-refractivity contribution >= 4 is 5.90 Å². The average Bonchev–Trinajstić information content (AvgIpc) is 2.54. The number of nitrogens with two attached hydrogens (primary N) is 1. The lowest BCUT2D eigenvalue weighted by Crippen LogP contribution is -2.18. The van der Waals surface area contributed by atoms with Gasteiger partial charge in [0.05, 0.1) is 0 Å². The van der Waals surface area contributed by atoms with E-state index in [2.05, 4.69) is 4.74 Å². The van der Waals surface area contributed by atoms with Gasteiger partial charge in [0.2, 0.25) is 0 Å². The van der Waals surface area contributed by atoms with Crippen LogP contribution in [0.25, 0.3) is 0 Å². The molecule has 3 N–H and O–H groups in total. The Balaban J connectivity index is 1.95. The van der Waals surface area contributed by atoms with Crippen molar-refractivity contribution in [2.24, 2.45) is 5.73 Å². The first-order valence-corrected chi connectivity index (χ1v) is 7.20. The van der Waals surface area contributed by atoms with Crippen molar-refractivity contribution < 1.29 is 22.6 Å². The Morgan fingerprint density at radius 3 is 2.46 bits per heavy atom. The summed E-state index contributed by atoms with van der Waals surface area (Å²) in [5, 5.41) is 7.79. The van der Waals surface area contributed by atoms with Crippen LogP contribution in [0, 0.1) is 11.2 Å². The molecule has 24 heavy (non-hydrogen) atoms. The minimum absolute atomic E-state index is 0.0297. The summed E-state index contributed by atoms with van der Waals surface area (Å²) in [5.74, 6) is -0.634. The van der Waals surface area contributed by atoms with E-state index in [1.54, 1.807) is 36.4 Å². The Bertz CT molecular complexity index is 695. The second-order valence-electron chi connectivity index (χ2n) is 5.03. The molecule has 0 aliphatic heterocycles. The van der Waals surface area contributed by atoms with Gasteiger partial charge in [-0.3, -0.25) is 5.41 Å². The van der Waals surface area contributed by atoms with Crippen molar-refractivity contribution in [3.63, 3.8) is 0 Å². The van der Waals surface area contributed by atoms with Crippen molar-refractivity contribution in [2.45, 2.75) is 25.7 Å². The van der Waals surface area contributed by atoms with Gasteiger partial charge in [-0.05, 0) is 12.1 Å². The lowest BCUT2D eigenvalue weighted by atomic mass is 10.0. The predicted octanol–water partition coefficient (Wildman–Crippen LogP) is 4.01. The highest BCUT2D eigenvalue weighted by Gasteiger charge is 2.17. The van der Waals surface area contributed by atoms with Crippen LogP contribution in [0.4, 0.5) is 13.2 Å². The van der Waals surface area contributed by atoms with Crippen LogP contribution in [0.5, 0.6) is 5.75 Å². The fourth-order valence-electron chi connectivity index (χ4n) is 2.14. The molecule has 1 atom stereocenters. The molecule has 0 aliphatic carbocycles. The van der Waals surface area contributed by atoms with E-state index >= 15 is 0 Å². The fourth-order valence-corrected chi connectivity index (χ4v) is 2.14. The van der Waals surface area contributed by atoms with Crippen molar-refractivity contribution in [1.82, 2.24) is 0 Å². The minimum Gasteiger partial charge on any atom is -0.476 e. The van der Waals surface area contributed by atoms with E-state index in [1.165, 1.54) is 12.1 Å². The molecule has 0 bridgehead atoms. The molecule has 4 nitrogen and oxygen atoms in total. The highest BCUT2D eigenvalue weighted by Crippen LogP contribution is 2.27. The van der Waals surface area contributed by atoms with Crippen LogP contribution in [0.15, 0.2) is 48.5 Å². The number of hydrogen-bond donors (Lipinski definition) is 2. The highest BCUT2D eigenvalue weighted by atomic mass is 19.3. The summed E-state index contributed by atoms with van der Waals surface area (Å²) in [6.45, 7) is -3.07. The third kappa shape index (κ3) is 4.99. The van der Waals surface area contributed by atoms with Gasteiger partial charge in [-0.2, -0.15) is 8.78 Å². The van der Waals surface area contributed by atoms with Crippen molar-refractivity contribution in [3.05, 3.63) is 65.5 Å². The molecule has 0 spiro atoms. The quantitative estimate of drug-likeness (QED) is 0.592. The summed E-state index contributed by atoms with van der Waals surface area (Å²) in [7, 11) is 0. The number of hydrogen-bond acceptors (Lipinski definition) is 4. The van der Waals surface area contributed by atoms with Gasteiger partial charge in [-0.25, -0.2) is 4.39 Å². The summed E-state index contributed by atoms with van der Waals surface area (Å²) in [6.07, 6.45) is -0.0297. The molecule has 0 aliphatic rings. The third-order valence-electron chi connectivity index (χ3n) is 3.30. The number of alkyl halides is 2. The van der Waals surface area contributed by atoms with E-state index in [9.17, 15) is 13.2 Å². The fraction of sp³-hybridized carbons (Fsp3) is 0.235. The summed E-state index contributed by atoms with van der Waals surface area (Å²) < 4.78 is 47.9. The molecule has 128 valence electrons. The zero-order valence-corrected chi connectivity index (χ0v) is 12.7. The molecule has 0 saturated carbocycles. The Hall–Kier alpha value is -2.54. The van der Waals surface area contributed by atoms with Gasteiger partial charge in [0.1, 0.15) is 18.2 Å². The number of benzene rings is 2. The van der Waals surface area contributed by atoms with E-state index in [-0.39, 0.29) is 24.7 Å². The molecule has 1 unspecified atom stereocenters. The summed E-state index contributed by atoms with van der Waals surface area (Å²) in [6, 6.07) is 11.4. The Labute approximate surface area is 137 Å². The lowest BCUT2D eigenvalue weighted by molar-refractivity contribution is -0.0506. The molecule has 0 heterocycles. The number of para-hydroxylation sites is 1. The second-order valence-corrected chi connectivity index (χ2v) is 5.03. The number of rotatable bonds is 7. The van der Waals surface area contributed by atoms with Crippen LogP contribution >= 0.6 is 0 Å². The van der Waals surface area contributed by atoms with Crippen LogP contribution < -0.4 is 10.5 Å². The molecule has 0 amide bonds. The van der Waals surface area contributed by atoms with E-state index in [1.807, 2.05) is 0 Å². The molecule has 2 aromatic carbocycles. The molecule has 0 aromatic heterocycles. The minimum atomic E-state index is -2.96. The van der Waals surface area contributed by atoms with E-state index in [0.29, 0.717) is 11.1 Å². The first kappa shape index (κ1) is 17.8. The maximum atomic E-state index is 13.5. The normalized spacial score (nSPS) is 12.0. The number of nitrogens with one attached hydrogen (secondary N) is 1. The Morgan fingerprint density at radius 1 is 1.08 bits per heavy atom. The second kappa shape index (κ2) is 8.35. The maximum absolute atomic E-state index is 13.5. The first-order valence-electron chi connectivity index (χ1n) is 7.20. The SMILES string of the molecule is N=C(CC(N)c1ccccc1OC(F)F)OCc1ccccc1F. The van der Waals surface area contributed by atoms with E-state index in [0.717, 1.165) is 0 Å². The molecular formula is C17H17F3N2O2. The molecule has 2 aromatic rings. The first-order chi connectivity index (χ1) is 11.5. The van der Waals surface area contributed by atoms with Gasteiger partial charge in [0, 0.05) is 23.6 Å². The van der Waals surface area contributed by atoms with Crippen LogP contribution in [-0.4, -0.2) is 12.5 Å². The zero-order valence-electron chi connectivity index (χ0n) is 12.7. The highest BCUT2D eigenvalue weighted by molar-refractivity contribution is 5.73. The smallest absolute Gasteiger partial charge is 0.387 e. The average molecular weight is 338 g/mol. The van der Waals surface area contributed by atoms with Crippen molar-refractivity contribution in [1.29, 1.82) is 5.41 Å². The summed E-state index contributed by atoms with van der Waals surface area (Å²) in [5.41, 5.74) is 6.61. The van der Waals surface area contributed by atoms with E-state index < -0.39 is 18.5 Å². The van der Waals surface area contributed by atoms with Crippen LogP contribution in [0.2, 0.25) is 0 Å². The van der Waals surface area contributed by atoms with Gasteiger partial charge < -0.3 is 15.2 Å². The van der Waals surface area contributed by atoms with Crippen molar-refractivity contribution in [2.75, 3.05) is 0 Å². The number of ether oxygens (including phenoxy) is 2. The Kier molecular flexibility index (Phi) is 6.20. The summed E-state index contributed by atoms with van der Waals surface area (Å²) in [4.78, 5) is 0. The van der Waals surface area contributed by atoms with Gasteiger partial charge in [-0.15, -0.1) is 0 Å². The zero-order chi connectivity index (χ0) is 17.5. The van der Waals surface area contributed by atoms with E-state index in [4.69, 9.17) is 15.9 Å². The molecule has 7 heteroatoms. The van der Waals surface area contributed by atoms with Crippen molar-refractivity contribution in [3.8, 4) is 5.75 Å². The van der Waals surface area contributed by atoms with Gasteiger partial charge in [0.25, 0.3) is 0 Å². The molecule has 0 fully saturated rings. The Morgan fingerprint density at radius 2 is 1.75 bits per heavy atom. The topological polar surface area (TPSA) is 68.3 Å². The lowest BCUT2D eigenvalue weighted by Gasteiger charge is -2.17. The third-order valence-corrected chi connectivity index (χ3v) is 3.30. The molecule has 2 rings (SSSR count). The number of halogens is 3. The maximum Gasteiger partial charge on any atom is 0.387 e. The largest absolute Gasteiger partial charge is 0.476 e.